The number of esters is 1. The first-order valence-electron chi connectivity index (χ1n) is 8.59. The Kier molecular flexibility index (Phi) is 6.37. The summed E-state index contributed by atoms with van der Waals surface area (Å²) in [6.45, 7) is 7.82. The van der Waals surface area contributed by atoms with E-state index in [4.69, 9.17) is 10.5 Å². The zero-order valence-electron chi connectivity index (χ0n) is 16.5. The van der Waals surface area contributed by atoms with Gasteiger partial charge in [0.25, 0.3) is 5.91 Å². The van der Waals surface area contributed by atoms with E-state index in [9.17, 15) is 24.5 Å². The standard InChI is InChI=1S/C17H21N5O6S/c1-7(2)28-17(25)12-8(3)13(14(18)23)29-16(12)19-15(24)10(5)21-6-11(22(26)27)9(4)20-21/h6-7,10H,1-5H3,(H2,18,23)(H,19,24). The lowest BCUT2D eigenvalue weighted by Crippen LogP contribution is -2.25. The van der Waals surface area contributed by atoms with Crippen LogP contribution in [0.4, 0.5) is 10.7 Å². The van der Waals surface area contributed by atoms with E-state index >= 15 is 0 Å². The van der Waals surface area contributed by atoms with Crippen LogP contribution in [0.1, 0.15) is 58.1 Å². The van der Waals surface area contributed by atoms with E-state index in [0.29, 0.717) is 5.56 Å². The van der Waals surface area contributed by atoms with Crippen molar-refractivity contribution >= 4 is 39.8 Å². The van der Waals surface area contributed by atoms with Crippen LogP contribution in [0.15, 0.2) is 6.20 Å². The minimum Gasteiger partial charge on any atom is -0.459 e. The van der Waals surface area contributed by atoms with Gasteiger partial charge in [0.2, 0.25) is 5.91 Å². The minimum atomic E-state index is -0.921. The molecule has 0 bridgehead atoms. The lowest BCUT2D eigenvalue weighted by atomic mass is 10.1. The number of thiophene rings is 1. The van der Waals surface area contributed by atoms with Crippen molar-refractivity contribution in [2.24, 2.45) is 5.73 Å². The van der Waals surface area contributed by atoms with Gasteiger partial charge in [0.05, 0.1) is 21.5 Å². The second kappa shape index (κ2) is 8.39. The van der Waals surface area contributed by atoms with E-state index in [-0.39, 0.29) is 26.8 Å². The maximum Gasteiger partial charge on any atom is 0.341 e. The molecule has 3 N–H and O–H groups in total. The number of nitrogens with one attached hydrogen (secondary N) is 1. The van der Waals surface area contributed by atoms with Gasteiger partial charge in [-0.2, -0.15) is 5.10 Å². The van der Waals surface area contributed by atoms with Gasteiger partial charge in [0.15, 0.2) is 0 Å². The molecule has 0 saturated carbocycles. The maximum atomic E-state index is 12.7. The highest BCUT2D eigenvalue weighted by molar-refractivity contribution is 7.18. The molecule has 0 radical (unpaired) electrons. The van der Waals surface area contributed by atoms with Gasteiger partial charge in [0, 0.05) is 0 Å². The Bertz CT molecular complexity index is 993. The minimum absolute atomic E-state index is 0.0423. The highest BCUT2D eigenvalue weighted by atomic mass is 32.1. The topological polar surface area (TPSA) is 159 Å². The van der Waals surface area contributed by atoms with Gasteiger partial charge in [-0.1, -0.05) is 0 Å². The van der Waals surface area contributed by atoms with Crippen LogP contribution in [0.3, 0.4) is 0 Å². The number of nitro groups is 1. The number of anilines is 1. The number of ether oxygens (including phenoxy) is 1. The zero-order valence-corrected chi connectivity index (χ0v) is 17.3. The van der Waals surface area contributed by atoms with Crippen LogP contribution in [0.5, 0.6) is 0 Å². The third-order valence-corrected chi connectivity index (χ3v) is 5.24. The van der Waals surface area contributed by atoms with Crippen LogP contribution in [0, 0.1) is 24.0 Å². The van der Waals surface area contributed by atoms with Crippen LogP contribution in [-0.4, -0.2) is 38.6 Å². The normalized spacial score (nSPS) is 11.9. The number of carbonyl (C=O) groups excluding carboxylic acids is 3. The Morgan fingerprint density at radius 2 is 1.93 bits per heavy atom. The molecule has 0 aliphatic carbocycles. The number of nitrogens with two attached hydrogens (primary N) is 1. The summed E-state index contributed by atoms with van der Waals surface area (Å²) in [4.78, 5) is 47.3. The van der Waals surface area contributed by atoms with Crippen LogP contribution in [0.2, 0.25) is 0 Å². The van der Waals surface area contributed by atoms with E-state index in [1.165, 1.54) is 20.8 Å². The zero-order chi connectivity index (χ0) is 22.0. The van der Waals surface area contributed by atoms with Gasteiger partial charge < -0.3 is 15.8 Å². The molecule has 0 aliphatic heterocycles. The molecule has 2 heterocycles. The largest absolute Gasteiger partial charge is 0.459 e. The molecular formula is C17H21N5O6S. The lowest BCUT2D eigenvalue weighted by molar-refractivity contribution is -0.385. The second-order valence-electron chi connectivity index (χ2n) is 6.58. The number of aromatic nitrogens is 2. The fraction of sp³-hybridized carbons (Fsp3) is 0.412. The summed E-state index contributed by atoms with van der Waals surface area (Å²) in [6, 6.07) is -0.921. The summed E-state index contributed by atoms with van der Waals surface area (Å²) in [7, 11) is 0. The number of aryl methyl sites for hydroxylation is 1. The van der Waals surface area contributed by atoms with Crippen molar-refractivity contribution in [3.8, 4) is 0 Å². The maximum absolute atomic E-state index is 12.7. The molecule has 12 heteroatoms. The van der Waals surface area contributed by atoms with E-state index in [2.05, 4.69) is 10.4 Å². The number of nitrogens with zero attached hydrogens (tertiary/aromatic N) is 3. The second-order valence-corrected chi connectivity index (χ2v) is 7.60. The Labute approximate surface area is 170 Å². The first-order chi connectivity index (χ1) is 13.4. The number of rotatable bonds is 7. The van der Waals surface area contributed by atoms with Crippen LogP contribution < -0.4 is 11.1 Å². The Morgan fingerprint density at radius 3 is 2.41 bits per heavy atom. The predicted octanol–water partition coefficient (Wildman–Crippen LogP) is 2.33. The smallest absolute Gasteiger partial charge is 0.341 e. The fourth-order valence-electron chi connectivity index (χ4n) is 2.54. The average molecular weight is 423 g/mol. The Morgan fingerprint density at radius 1 is 1.31 bits per heavy atom. The Balaban J connectivity index is 2.37. The lowest BCUT2D eigenvalue weighted by Gasteiger charge is -2.13. The number of hydrogen-bond acceptors (Lipinski definition) is 8. The van der Waals surface area contributed by atoms with Gasteiger partial charge in [-0.15, -0.1) is 11.3 Å². The van der Waals surface area contributed by atoms with Crippen molar-refractivity contribution in [2.45, 2.75) is 46.8 Å². The molecule has 0 fully saturated rings. The molecule has 29 heavy (non-hydrogen) atoms. The molecule has 156 valence electrons. The molecule has 2 aromatic rings. The van der Waals surface area contributed by atoms with Crippen molar-refractivity contribution in [3.63, 3.8) is 0 Å². The highest BCUT2D eigenvalue weighted by Gasteiger charge is 2.28. The van der Waals surface area contributed by atoms with E-state index in [1.54, 1.807) is 13.8 Å². The van der Waals surface area contributed by atoms with E-state index in [1.807, 2.05) is 0 Å². The summed E-state index contributed by atoms with van der Waals surface area (Å²) in [5.74, 6) is -2.02. The van der Waals surface area contributed by atoms with Crippen LogP contribution in [-0.2, 0) is 9.53 Å². The number of carbonyl (C=O) groups is 3. The first-order valence-corrected chi connectivity index (χ1v) is 9.40. The van der Waals surface area contributed by atoms with Crippen molar-refractivity contribution in [1.82, 2.24) is 9.78 Å². The molecule has 1 atom stereocenters. The van der Waals surface area contributed by atoms with Gasteiger partial charge >= 0.3 is 11.7 Å². The van der Waals surface area contributed by atoms with E-state index < -0.39 is 34.9 Å². The predicted molar refractivity (Wildman–Crippen MR) is 105 cm³/mol. The highest BCUT2D eigenvalue weighted by Crippen LogP contribution is 2.34. The third kappa shape index (κ3) is 4.59. The molecule has 0 saturated heterocycles. The number of hydrogen-bond donors (Lipinski definition) is 2. The average Bonchev–Trinajstić information content (AvgIpc) is 3.14. The molecule has 11 nitrogen and oxygen atoms in total. The third-order valence-electron chi connectivity index (χ3n) is 4.02. The molecule has 1 unspecified atom stereocenters. The summed E-state index contributed by atoms with van der Waals surface area (Å²) >= 11 is 0.859. The fourth-order valence-corrected chi connectivity index (χ4v) is 3.59. The molecule has 0 spiro atoms. The van der Waals surface area contributed by atoms with Crippen LogP contribution in [0.25, 0.3) is 0 Å². The molecule has 0 aromatic carbocycles. The summed E-state index contributed by atoms with van der Waals surface area (Å²) in [5.41, 5.74) is 5.66. The van der Waals surface area contributed by atoms with Gasteiger partial charge in [-0.05, 0) is 40.2 Å². The summed E-state index contributed by atoms with van der Waals surface area (Å²) < 4.78 is 6.35. The molecular weight excluding hydrogens is 402 g/mol. The quantitative estimate of drug-likeness (QED) is 0.392. The number of primary amides is 1. The summed E-state index contributed by atoms with van der Waals surface area (Å²) in [6.07, 6.45) is 0.746. The molecule has 2 aromatic heterocycles. The Hall–Kier alpha value is -3.28. The van der Waals surface area contributed by atoms with Crippen molar-refractivity contribution in [2.75, 3.05) is 5.32 Å². The van der Waals surface area contributed by atoms with Gasteiger partial charge in [0.1, 0.15) is 22.9 Å². The van der Waals surface area contributed by atoms with Crippen molar-refractivity contribution in [1.29, 1.82) is 0 Å². The van der Waals surface area contributed by atoms with Gasteiger partial charge in [-0.25, -0.2) is 4.79 Å². The monoisotopic (exact) mass is 423 g/mol. The molecule has 0 aliphatic rings. The molecule has 2 rings (SSSR count). The summed E-state index contributed by atoms with van der Waals surface area (Å²) in [5, 5.41) is 17.7. The van der Waals surface area contributed by atoms with Crippen LogP contribution >= 0.6 is 11.3 Å². The van der Waals surface area contributed by atoms with Gasteiger partial charge in [-0.3, -0.25) is 24.4 Å². The number of amides is 2. The van der Waals surface area contributed by atoms with E-state index in [0.717, 1.165) is 22.2 Å². The van der Waals surface area contributed by atoms with Crippen molar-refractivity contribution in [3.05, 3.63) is 38.0 Å². The molecule has 2 amide bonds. The SMILES string of the molecule is Cc1nn(C(C)C(=O)Nc2sc(C(N)=O)c(C)c2C(=O)OC(C)C)cc1[N+](=O)[O-]. The first kappa shape index (κ1) is 22.0. The van der Waals surface area contributed by atoms with Crippen molar-refractivity contribution < 1.29 is 24.0 Å².